The normalized spacial score (nSPS) is 26.7. The van der Waals surface area contributed by atoms with E-state index in [1.807, 2.05) is 19.3 Å². The molecule has 1 fully saturated rings. The Hall–Kier alpha value is -1.12. The lowest BCUT2D eigenvalue weighted by molar-refractivity contribution is 0.321. The minimum atomic E-state index is 0.739. The van der Waals surface area contributed by atoms with Crippen LogP contribution in [0.15, 0.2) is 12.4 Å². The first-order valence-corrected chi connectivity index (χ1v) is 5.70. The number of nitrogens with zero attached hydrogens (tertiary/aromatic N) is 3. The van der Waals surface area contributed by atoms with Gasteiger partial charge >= 0.3 is 0 Å². The first kappa shape index (κ1) is 10.4. The Balaban J connectivity index is 2.08. The van der Waals surface area contributed by atoms with Crippen molar-refractivity contribution >= 4 is 5.95 Å². The molecular formula is C12H19N3. The van der Waals surface area contributed by atoms with Crippen LogP contribution in [0, 0.1) is 18.8 Å². The molecule has 0 aromatic carbocycles. The molecule has 0 bridgehead atoms. The zero-order valence-corrected chi connectivity index (χ0v) is 9.77. The second-order valence-corrected chi connectivity index (χ2v) is 4.75. The van der Waals surface area contributed by atoms with Gasteiger partial charge < -0.3 is 4.90 Å². The summed E-state index contributed by atoms with van der Waals surface area (Å²) in [5.41, 5.74) is 1.12. The third kappa shape index (κ3) is 2.28. The van der Waals surface area contributed by atoms with Crippen LogP contribution < -0.4 is 4.90 Å². The Labute approximate surface area is 91.5 Å². The van der Waals surface area contributed by atoms with E-state index in [2.05, 4.69) is 28.7 Å². The molecule has 0 N–H and O–H groups in total. The van der Waals surface area contributed by atoms with Crippen LogP contribution >= 0.6 is 0 Å². The maximum Gasteiger partial charge on any atom is 0.225 e. The summed E-state index contributed by atoms with van der Waals surface area (Å²) in [6.07, 6.45) is 5.04. The molecule has 1 aliphatic rings. The molecule has 2 atom stereocenters. The van der Waals surface area contributed by atoms with Crippen molar-refractivity contribution in [2.45, 2.75) is 27.2 Å². The van der Waals surface area contributed by atoms with E-state index >= 15 is 0 Å². The predicted molar refractivity (Wildman–Crippen MR) is 61.9 cm³/mol. The summed E-state index contributed by atoms with van der Waals surface area (Å²) in [7, 11) is 0. The van der Waals surface area contributed by atoms with E-state index < -0.39 is 0 Å². The molecule has 2 heterocycles. The molecule has 3 heteroatoms. The molecular weight excluding hydrogens is 186 g/mol. The van der Waals surface area contributed by atoms with Gasteiger partial charge in [0, 0.05) is 25.5 Å². The molecule has 3 nitrogen and oxygen atoms in total. The first-order chi connectivity index (χ1) is 7.16. The summed E-state index contributed by atoms with van der Waals surface area (Å²) in [6.45, 7) is 8.84. The van der Waals surface area contributed by atoms with Gasteiger partial charge in [-0.2, -0.15) is 0 Å². The maximum atomic E-state index is 4.38. The third-order valence-electron chi connectivity index (χ3n) is 3.38. The highest BCUT2D eigenvalue weighted by Crippen LogP contribution is 2.24. The van der Waals surface area contributed by atoms with Crippen molar-refractivity contribution in [3.05, 3.63) is 18.0 Å². The van der Waals surface area contributed by atoms with Gasteiger partial charge in [0.15, 0.2) is 0 Å². The van der Waals surface area contributed by atoms with E-state index in [4.69, 9.17) is 0 Å². The second kappa shape index (κ2) is 4.17. The molecule has 0 aliphatic carbocycles. The van der Waals surface area contributed by atoms with Crippen LogP contribution in [0.2, 0.25) is 0 Å². The fourth-order valence-corrected chi connectivity index (χ4v) is 1.99. The van der Waals surface area contributed by atoms with Crippen LogP contribution in [0.1, 0.15) is 25.8 Å². The average molecular weight is 205 g/mol. The number of hydrogen-bond acceptors (Lipinski definition) is 3. The third-order valence-corrected chi connectivity index (χ3v) is 3.38. The molecule has 0 saturated carbocycles. The summed E-state index contributed by atoms with van der Waals surface area (Å²) in [5.74, 6) is 2.45. The number of rotatable bonds is 1. The molecule has 82 valence electrons. The van der Waals surface area contributed by atoms with Gasteiger partial charge in [-0.05, 0) is 30.7 Å². The Morgan fingerprint density at radius 1 is 1.20 bits per heavy atom. The summed E-state index contributed by atoms with van der Waals surface area (Å²) in [4.78, 5) is 11.0. The first-order valence-electron chi connectivity index (χ1n) is 5.70. The van der Waals surface area contributed by atoms with E-state index in [0.29, 0.717) is 0 Å². The van der Waals surface area contributed by atoms with Crippen LogP contribution in [0.3, 0.4) is 0 Å². The molecule has 15 heavy (non-hydrogen) atoms. The summed E-state index contributed by atoms with van der Waals surface area (Å²) < 4.78 is 0. The van der Waals surface area contributed by atoms with Gasteiger partial charge in [0.1, 0.15) is 0 Å². The lowest BCUT2D eigenvalue weighted by Crippen LogP contribution is -2.39. The molecule has 0 amide bonds. The van der Waals surface area contributed by atoms with Gasteiger partial charge in [0.25, 0.3) is 0 Å². The number of anilines is 1. The summed E-state index contributed by atoms with van der Waals surface area (Å²) in [5, 5.41) is 0. The van der Waals surface area contributed by atoms with Crippen molar-refractivity contribution in [3.8, 4) is 0 Å². The van der Waals surface area contributed by atoms with Crippen molar-refractivity contribution in [2.75, 3.05) is 18.0 Å². The molecule has 2 unspecified atom stereocenters. The quantitative estimate of drug-likeness (QED) is 0.704. The second-order valence-electron chi connectivity index (χ2n) is 4.75. The van der Waals surface area contributed by atoms with Crippen LogP contribution in [0.5, 0.6) is 0 Å². The van der Waals surface area contributed by atoms with E-state index in [1.54, 1.807) is 0 Å². The van der Waals surface area contributed by atoms with Gasteiger partial charge in [-0.3, -0.25) is 0 Å². The number of hydrogen-bond donors (Lipinski definition) is 0. The largest absolute Gasteiger partial charge is 0.341 e. The zero-order valence-electron chi connectivity index (χ0n) is 9.77. The highest BCUT2D eigenvalue weighted by atomic mass is 15.2. The van der Waals surface area contributed by atoms with Crippen LogP contribution in [0.4, 0.5) is 5.95 Å². The van der Waals surface area contributed by atoms with Crippen molar-refractivity contribution in [1.29, 1.82) is 0 Å². The summed E-state index contributed by atoms with van der Waals surface area (Å²) in [6, 6.07) is 0. The minimum absolute atomic E-state index is 0.739. The van der Waals surface area contributed by atoms with Gasteiger partial charge in [0.05, 0.1) is 0 Å². The van der Waals surface area contributed by atoms with Crippen LogP contribution in [0.25, 0.3) is 0 Å². The monoisotopic (exact) mass is 205 g/mol. The fraction of sp³-hybridized carbons (Fsp3) is 0.667. The highest BCUT2D eigenvalue weighted by Gasteiger charge is 2.23. The Morgan fingerprint density at radius 3 is 2.47 bits per heavy atom. The fourth-order valence-electron chi connectivity index (χ4n) is 1.99. The Bertz CT molecular complexity index is 320. The summed E-state index contributed by atoms with van der Waals surface area (Å²) >= 11 is 0. The van der Waals surface area contributed by atoms with E-state index in [1.165, 1.54) is 6.42 Å². The SMILES string of the molecule is Cc1cnc(N2CCC(C)C(C)C2)nc1. The standard InChI is InChI=1S/C12H19N3/c1-9-6-13-12(14-7-9)15-5-4-10(2)11(3)8-15/h6-7,10-11H,4-5,8H2,1-3H3. The molecule has 2 rings (SSSR count). The lowest BCUT2D eigenvalue weighted by Gasteiger charge is -2.35. The Kier molecular flexibility index (Phi) is 2.89. The average Bonchev–Trinajstić information content (AvgIpc) is 2.23. The van der Waals surface area contributed by atoms with Gasteiger partial charge in [-0.15, -0.1) is 0 Å². The minimum Gasteiger partial charge on any atom is -0.341 e. The smallest absolute Gasteiger partial charge is 0.225 e. The van der Waals surface area contributed by atoms with Crippen LogP contribution in [-0.4, -0.2) is 23.1 Å². The highest BCUT2D eigenvalue weighted by molar-refractivity contribution is 5.30. The van der Waals surface area contributed by atoms with E-state index in [0.717, 1.165) is 36.4 Å². The Morgan fingerprint density at radius 2 is 1.87 bits per heavy atom. The number of aromatic nitrogens is 2. The maximum absolute atomic E-state index is 4.38. The van der Waals surface area contributed by atoms with Crippen molar-refractivity contribution in [2.24, 2.45) is 11.8 Å². The lowest BCUT2D eigenvalue weighted by atomic mass is 9.89. The van der Waals surface area contributed by atoms with Gasteiger partial charge in [0.2, 0.25) is 5.95 Å². The molecule has 1 aliphatic heterocycles. The zero-order chi connectivity index (χ0) is 10.8. The van der Waals surface area contributed by atoms with Crippen molar-refractivity contribution in [1.82, 2.24) is 9.97 Å². The van der Waals surface area contributed by atoms with Crippen molar-refractivity contribution < 1.29 is 0 Å². The van der Waals surface area contributed by atoms with Crippen LogP contribution in [-0.2, 0) is 0 Å². The molecule has 1 aromatic heterocycles. The topological polar surface area (TPSA) is 29.0 Å². The van der Waals surface area contributed by atoms with Gasteiger partial charge in [-0.1, -0.05) is 13.8 Å². The predicted octanol–water partition coefficient (Wildman–Crippen LogP) is 2.27. The molecule has 0 spiro atoms. The number of piperidine rings is 1. The molecule has 1 saturated heterocycles. The van der Waals surface area contributed by atoms with Gasteiger partial charge in [-0.25, -0.2) is 9.97 Å². The number of aryl methyl sites for hydroxylation is 1. The molecule has 0 radical (unpaired) electrons. The van der Waals surface area contributed by atoms with E-state index in [-0.39, 0.29) is 0 Å². The van der Waals surface area contributed by atoms with Crippen molar-refractivity contribution in [3.63, 3.8) is 0 Å². The van der Waals surface area contributed by atoms with E-state index in [9.17, 15) is 0 Å². The molecule has 1 aromatic rings.